The smallest absolute Gasteiger partial charge is 0.158 e. The molecule has 0 spiro atoms. The minimum atomic E-state index is 0.147. The Morgan fingerprint density at radius 3 is 2.58 bits per heavy atom. The molecule has 0 amide bonds. The number of hydrogen-bond donors (Lipinski definition) is 2. The molecule has 1 unspecified atom stereocenters. The van der Waals surface area contributed by atoms with Crippen molar-refractivity contribution >= 4 is 11.6 Å². The van der Waals surface area contributed by atoms with Gasteiger partial charge in [-0.2, -0.15) is 0 Å². The number of nitrogens with zero attached hydrogens (tertiary/aromatic N) is 2. The molecule has 0 saturated heterocycles. The highest BCUT2D eigenvalue weighted by Gasteiger charge is 2.06. The van der Waals surface area contributed by atoms with Gasteiger partial charge in [0.25, 0.3) is 0 Å². The van der Waals surface area contributed by atoms with Crippen LogP contribution in [0.4, 0.5) is 11.6 Å². The topological polar surface area (TPSA) is 68.3 Å². The lowest BCUT2D eigenvalue weighted by molar-refractivity contribution is 0.0854. The summed E-state index contributed by atoms with van der Waals surface area (Å²) >= 11 is 0. The maximum absolute atomic E-state index is 5.47. The molecule has 0 aliphatic heterocycles. The van der Waals surface area contributed by atoms with Gasteiger partial charge in [0.1, 0.15) is 18.2 Å². The molecule has 1 aromatic heterocycles. The van der Waals surface area contributed by atoms with Crippen LogP contribution >= 0.6 is 0 Å². The Kier molecular flexibility index (Phi) is 7.14. The van der Waals surface area contributed by atoms with Gasteiger partial charge in [-0.05, 0) is 20.8 Å². The summed E-state index contributed by atoms with van der Waals surface area (Å²) in [5.74, 6) is 2.22. The van der Waals surface area contributed by atoms with Gasteiger partial charge in [-0.15, -0.1) is 0 Å². The number of ether oxygens (including phenoxy) is 2. The number of aromatic nitrogens is 2. The monoisotopic (exact) mass is 268 g/mol. The predicted octanol–water partition coefficient (Wildman–Crippen LogP) is 1.89. The molecule has 1 rings (SSSR count). The summed E-state index contributed by atoms with van der Waals surface area (Å²) in [7, 11) is 1.83. The summed E-state index contributed by atoms with van der Waals surface area (Å²) in [4.78, 5) is 8.74. The first-order valence-electron chi connectivity index (χ1n) is 6.68. The van der Waals surface area contributed by atoms with E-state index in [9.17, 15) is 0 Å². The first-order chi connectivity index (χ1) is 9.19. The van der Waals surface area contributed by atoms with Gasteiger partial charge in [0.15, 0.2) is 5.82 Å². The lowest BCUT2D eigenvalue weighted by Gasteiger charge is -2.14. The predicted molar refractivity (Wildman–Crippen MR) is 76.5 cm³/mol. The molecule has 0 bridgehead atoms. The Morgan fingerprint density at radius 1 is 1.21 bits per heavy atom. The highest BCUT2D eigenvalue weighted by molar-refractivity contribution is 5.47. The van der Waals surface area contributed by atoms with Crippen LogP contribution in [0.2, 0.25) is 0 Å². The number of hydrogen-bond acceptors (Lipinski definition) is 6. The van der Waals surface area contributed by atoms with Crippen LogP contribution in [0.25, 0.3) is 0 Å². The van der Waals surface area contributed by atoms with E-state index in [1.54, 1.807) is 0 Å². The van der Waals surface area contributed by atoms with E-state index in [-0.39, 0.29) is 6.10 Å². The van der Waals surface area contributed by atoms with Gasteiger partial charge in [0.2, 0.25) is 0 Å². The molecule has 0 radical (unpaired) electrons. The van der Waals surface area contributed by atoms with Crippen molar-refractivity contribution in [3.05, 3.63) is 11.9 Å². The van der Waals surface area contributed by atoms with Crippen LogP contribution in [0, 0.1) is 0 Å². The third-order valence-corrected chi connectivity index (χ3v) is 2.49. The van der Waals surface area contributed by atoms with E-state index in [2.05, 4.69) is 20.6 Å². The lowest BCUT2D eigenvalue weighted by atomic mass is 10.4. The molecule has 0 aliphatic carbocycles. The fourth-order valence-corrected chi connectivity index (χ4v) is 1.57. The molecule has 1 atom stereocenters. The van der Waals surface area contributed by atoms with Gasteiger partial charge in [-0.3, -0.25) is 0 Å². The van der Waals surface area contributed by atoms with Crippen molar-refractivity contribution in [3.8, 4) is 0 Å². The van der Waals surface area contributed by atoms with Crippen LogP contribution in [0.5, 0.6) is 0 Å². The second-order valence-electron chi connectivity index (χ2n) is 4.09. The molecular formula is C13H24N4O2. The second-order valence-corrected chi connectivity index (χ2v) is 4.09. The van der Waals surface area contributed by atoms with Gasteiger partial charge in [0, 0.05) is 32.9 Å². The minimum absolute atomic E-state index is 0.147. The van der Waals surface area contributed by atoms with Gasteiger partial charge >= 0.3 is 0 Å². The van der Waals surface area contributed by atoms with E-state index in [0.29, 0.717) is 32.2 Å². The van der Waals surface area contributed by atoms with Crippen molar-refractivity contribution in [1.29, 1.82) is 0 Å². The molecule has 1 heterocycles. The van der Waals surface area contributed by atoms with Crippen molar-refractivity contribution < 1.29 is 9.47 Å². The molecule has 1 aromatic rings. The van der Waals surface area contributed by atoms with Crippen molar-refractivity contribution in [3.63, 3.8) is 0 Å². The Hall–Kier alpha value is -1.40. The highest BCUT2D eigenvalue weighted by Crippen LogP contribution is 2.11. The van der Waals surface area contributed by atoms with E-state index < -0.39 is 0 Å². The SMILES string of the molecule is CCOCc1nc(NC)cc(NCC(C)OCC)n1. The summed E-state index contributed by atoms with van der Waals surface area (Å²) in [5.41, 5.74) is 0. The summed E-state index contributed by atoms with van der Waals surface area (Å²) in [6.45, 7) is 8.45. The van der Waals surface area contributed by atoms with Crippen LogP contribution in [0.3, 0.4) is 0 Å². The Morgan fingerprint density at radius 2 is 1.95 bits per heavy atom. The first-order valence-corrected chi connectivity index (χ1v) is 6.68. The molecule has 6 nitrogen and oxygen atoms in total. The zero-order valence-corrected chi connectivity index (χ0v) is 12.2. The fourth-order valence-electron chi connectivity index (χ4n) is 1.57. The first kappa shape index (κ1) is 15.7. The van der Waals surface area contributed by atoms with Gasteiger partial charge in [-0.1, -0.05) is 0 Å². The average molecular weight is 268 g/mol. The summed E-state index contributed by atoms with van der Waals surface area (Å²) in [6.07, 6.45) is 0.147. The molecular weight excluding hydrogens is 244 g/mol. The maximum Gasteiger partial charge on any atom is 0.158 e. The lowest BCUT2D eigenvalue weighted by Crippen LogP contribution is -2.20. The number of rotatable bonds is 9. The van der Waals surface area contributed by atoms with E-state index in [0.717, 1.165) is 11.6 Å². The largest absolute Gasteiger partial charge is 0.377 e. The third kappa shape index (κ3) is 5.85. The molecule has 2 N–H and O–H groups in total. The number of anilines is 2. The van der Waals surface area contributed by atoms with Crippen LogP contribution in [-0.2, 0) is 16.1 Å². The van der Waals surface area contributed by atoms with Crippen molar-refractivity contribution in [2.45, 2.75) is 33.5 Å². The zero-order valence-electron chi connectivity index (χ0n) is 12.2. The maximum atomic E-state index is 5.47. The Bertz CT molecular complexity index is 374. The van der Waals surface area contributed by atoms with Crippen LogP contribution < -0.4 is 10.6 Å². The molecule has 0 fully saturated rings. The molecule has 0 saturated carbocycles. The summed E-state index contributed by atoms with van der Waals surface area (Å²) in [5, 5.41) is 6.27. The van der Waals surface area contributed by atoms with E-state index in [1.165, 1.54) is 0 Å². The standard InChI is InChI=1S/C13H24N4O2/c1-5-18-9-13-16-11(14-4)7-12(17-13)15-8-10(3)19-6-2/h7,10H,5-6,8-9H2,1-4H3,(H2,14,15,16,17). The Balaban J connectivity index is 2.65. The zero-order chi connectivity index (χ0) is 14.1. The second kappa shape index (κ2) is 8.66. The third-order valence-electron chi connectivity index (χ3n) is 2.49. The Labute approximate surface area is 114 Å². The van der Waals surface area contributed by atoms with Crippen molar-refractivity contribution in [2.75, 3.05) is 37.4 Å². The average Bonchev–Trinajstić information content (AvgIpc) is 2.43. The summed E-state index contributed by atoms with van der Waals surface area (Å²) in [6, 6.07) is 1.87. The quantitative estimate of drug-likeness (QED) is 0.713. The van der Waals surface area contributed by atoms with Crippen LogP contribution in [0.1, 0.15) is 26.6 Å². The minimum Gasteiger partial charge on any atom is -0.377 e. The summed E-state index contributed by atoms with van der Waals surface area (Å²) < 4.78 is 10.8. The normalized spacial score (nSPS) is 12.2. The molecule has 0 aliphatic rings. The fraction of sp³-hybridized carbons (Fsp3) is 0.692. The van der Waals surface area contributed by atoms with Crippen molar-refractivity contribution in [1.82, 2.24) is 9.97 Å². The van der Waals surface area contributed by atoms with E-state index in [1.807, 2.05) is 33.9 Å². The number of nitrogens with one attached hydrogen (secondary N) is 2. The van der Waals surface area contributed by atoms with Gasteiger partial charge in [-0.25, -0.2) is 9.97 Å². The van der Waals surface area contributed by atoms with Gasteiger partial charge in [0.05, 0.1) is 6.10 Å². The van der Waals surface area contributed by atoms with Gasteiger partial charge < -0.3 is 20.1 Å². The van der Waals surface area contributed by atoms with Crippen molar-refractivity contribution in [2.24, 2.45) is 0 Å². The van der Waals surface area contributed by atoms with E-state index >= 15 is 0 Å². The molecule has 6 heteroatoms. The molecule has 19 heavy (non-hydrogen) atoms. The van der Waals surface area contributed by atoms with Crippen LogP contribution in [0.15, 0.2) is 6.07 Å². The molecule has 108 valence electrons. The van der Waals surface area contributed by atoms with Crippen LogP contribution in [-0.4, -0.2) is 42.9 Å². The molecule has 0 aromatic carbocycles. The highest BCUT2D eigenvalue weighted by atomic mass is 16.5. The van der Waals surface area contributed by atoms with E-state index in [4.69, 9.17) is 9.47 Å².